The number of pyridine rings is 1. The number of nitrogens with two attached hydrogens (primary N) is 1. The number of aliphatic imine (C=N–C) groups is 1. The van der Waals surface area contributed by atoms with Crippen molar-refractivity contribution in [1.82, 2.24) is 4.98 Å². The average molecular weight is 459 g/mol. The minimum absolute atomic E-state index is 0. The lowest BCUT2D eigenvalue weighted by atomic mass is 10.2. The number of hydrogen-bond donors (Lipinski definition) is 2. The smallest absolute Gasteiger partial charge is 0.193 e. The van der Waals surface area contributed by atoms with Crippen molar-refractivity contribution >= 4 is 41.4 Å². The molecule has 2 heterocycles. The van der Waals surface area contributed by atoms with E-state index in [1.54, 1.807) is 6.20 Å². The maximum Gasteiger partial charge on any atom is 0.193 e. The third-order valence-electron chi connectivity index (χ3n) is 3.86. The highest BCUT2D eigenvalue weighted by Gasteiger charge is 2.13. The van der Waals surface area contributed by atoms with Crippen molar-refractivity contribution in [2.75, 3.05) is 23.3 Å². The number of aromatic nitrogens is 1. The summed E-state index contributed by atoms with van der Waals surface area (Å²) >= 11 is 0. The summed E-state index contributed by atoms with van der Waals surface area (Å²) in [6, 6.07) is 6.96. The fraction of sp³-hybridized carbons (Fsp3) is 0.294. The topological polar surface area (TPSA) is 66.5 Å². The molecule has 0 radical (unpaired) electrons. The quantitative estimate of drug-likeness (QED) is 0.418. The molecule has 5 nitrogen and oxygen atoms in total. The van der Waals surface area contributed by atoms with E-state index in [4.69, 9.17) is 5.73 Å². The van der Waals surface area contributed by atoms with E-state index in [0.717, 1.165) is 42.7 Å². The first-order valence-corrected chi connectivity index (χ1v) is 7.84. The van der Waals surface area contributed by atoms with Crippen LogP contribution in [-0.4, -0.2) is 24.0 Å². The highest BCUT2D eigenvalue weighted by Crippen LogP contribution is 2.19. The van der Waals surface area contributed by atoms with Gasteiger partial charge in [-0.3, -0.25) is 0 Å². The summed E-state index contributed by atoms with van der Waals surface area (Å²) in [6.07, 6.45) is 4.11. The van der Waals surface area contributed by atoms with Crippen LogP contribution in [0.3, 0.4) is 0 Å². The van der Waals surface area contributed by atoms with Gasteiger partial charge in [-0.15, -0.1) is 24.0 Å². The summed E-state index contributed by atoms with van der Waals surface area (Å²) in [6.45, 7) is 2.36. The van der Waals surface area contributed by atoms with E-state index in [2.05, 4.69) is 20.2 Å². The van der Waals surface area contributed by atoms with Crippen LogP contribution in [0.15, 0.2) is 41.5 Å². The lowest BCUT2D eigenvalue weighted by Crippen LogP contribution is -2.23. The molecule has 0 amide bonds. The van der Waals surface area contributed by atoms with E-state index in [9.17, 15) is 8.78 Å². The maximum absolute atomic E-state index is 13.6. The Morgan fingerprint density at radius 1 is 1.20 bits per heavy atom. The van der Waals surface area contributed by atoms with Crippen LogP contribution in [0, 0.1) is 11.6 Å². The number of anilines is 2. The van der Waals surface area contributed by atoms with Crippen LogP contribution < -0.4 is 16.0 Å². The molecule has 134 valence electrons. The predicted molar refractivity (Wildman–Crippen MR) is 106 cm³/mol. The largest absolute Gasteiger partial charge is 0.370 e. The number of benzene rings is 1. The fourth-order valence-electron chi connectivity index (χ4n) is 2.63. The number of nitrogens with one attached hydrogen (secondary N) is 1. The van der Waals surface area contributed by atoms with Gasteiger partial charge in [0, 0.05) is 25.4 Å². The number of guanidine groups is 1. The van der Waals surface area contributed by atoms with Gasteiger partial charge in [0.25, 0.3) is 0 Å². The van der Waals surface area contributed by atoms with E-state index < -0.39 is 11.6 Å². The summed E-state index contributed by atoms with van der Waals surface area (Å²) < 4.78 is 26.7. The molecule has 25 heavy (non-hydrogen) atoms. The van der Waals surface area contributed by atoms with Gasteiger partial charge < -0.3 is 16.0 Å². The van der Waals surface area contributed by atoms with Crippen LogP contribution in [0.1, 0.15) is 18.4 Å². The standard InChI is InChI=1S/C17H19F2N5.HI/c18-13-3-4-14(19)15(10-13)23-17(20)22-11-12-5-6-21-16(9-12)24-7-1-2-8-24;/h3-6,9-10H,1-2,7-8,11H2,(H3,20,22,23);1H. The highest BCUT2D eigenvalue weighted by molar-refractivity contribution is 14.0. The van der Waals surface area contributed by atoms with Gasteiger partial charge in [0.1, 0.15) is 17.5 Å². The molecule has 0 bridgehead atoms. The number of rotatable bonds is 4. The zero-order valence-electron chi connectivity index (χ0n) is 13.6. The SMILES string of the molecule is I.NC(=NCc1ccnc(N2CCCC2)c1)Nc1cc(F)ccc1F. The first-order chi connectivity index (χ1) is 11.6. The van der Waals surface area contributed by atoms with Gasteiger partial charge in [0.15, 0.2) is 5.96 Å². The third-order valence-corrected chi connectivity index (χ3v) is 3.86. The van der Waals surface area contributed by atoms with Crippen molar-refractivity contribution in [3.05, 3.63) is 53.7 Å². The molecule has 8 heteroatoms. The van der Waals surface area contributed by atoms with Crippen molar-refractivity contribution in [2.45, 2.75) is 19.4 Å². The number of nitrogens with zero attached hydrogens (tertiary/aromatic N) is 3. The van der Waals surface area contributed by atoms with Gasteiger partial charge in [0.05, 0.1) is 12.2 Å². The molecule has 0 unspecified atom stereocenters. The Kier molecular flexibility index (Phi) is 6.91. The second kappa shape index (κ2) is 8.93. The molecule has 0 saturated carbocycles. The van der Waals surface area contributed by atoms with Gasteiger partial charge in [-0.05, 0) is 42.7 Å². The van der Waals surface area contributed by atoms with Gasteiger partial charge in [-0.1, -0.05) is 0 Å². The lowest BCUT2D eigenvalue weighted by molar-refractivity contribution is 0.604. The highest BCUT2D eigenvalue weighted by atomic mass is 127. The molecule has 2 aromatic rings. The Morgan fingerprint density at radius 3 is 2.72 bits per heavy atom. The molecule has 0 atom stereocenters. The van der Waals surface area contributed by atoms with Crippen molar-refractivity contribution in [1.29, 1.82) is 0 Å². The van der Waals surface area contributed by atoms with Gasteiger partial charge in [-0.2, -0.15) is 0 Å². The Hall–Kier alpha value is -1.97. The zero-order chi connectivity index (χ0) is 16.9. The van der Waals surface area contributed by atoms with Crippen LogP contribution in [0.4, 0.5) is 20.3 Å². The van der Waals surface area contributed by atoms with Crippen LogP contribution in [0.5, 0.6) is 0 Å². The molecule has 0 aliphatic carbocycles. The summed E-state index contributed by atoms with van der Waals surface area (Å²) in [7, 11) is 0. The zero-order valence-corrected chi connectivity index (χ0v) is 15.9. The Bertz CT molecular complexity index is 748. The molecular weight excluding hydrogens is 439 g/mol. The first kappa shape index (κ1) is 19.4. The molecular formula is C17H20F2IN5. The van der Waals surface area contributed by atoms with Gasteiger partial charge >= 0.3 is 0 Å². The molecule has 1 aliphatic heterocycles. The van der Waals surface area contributed by atoms with E-state index >= 15 is 0 Å². The van der Waals surface area contributed by atoms with E-state index in [1.165, 1.54) is 12.8 Å². The minimum Gasteiger partial charge on any atom is -0.370 e. The molecule has 3 rings (SSSR count). The molecule has 1 saturated heterocycles. The number of halogens is 3. The van der Waals surface area contributed by atoms with E-state index in [-0.39, 0.29) is 35.6 Å². The monoisotopic (exact) mass is 459 g/mol. The van der Waals surface area contributed by atoms with Crippen LogP contribution in [0.25, 0.3) is 0 Å². The fourth-order valence-corrected chi connectivity index (χ4v) is 2.63. The van der Waals surface area contributed by atoms with E-state index in [0.29, 0.717) is 6.54 Å². The molecule has 1 aliphatic rings. The van der Waals surface area contributed by atoms with Crippen molar-refractivity contribution < 1.29 is 8.78 Å². The molecule has 3 N–H and O–H groups in total. The molecule has 0 spiro atoms. The predicted octanol–water partition coefficient (Wildman–Crippen LogP) is 3.50. The van der Waals surface area contributed by atoms with E-state index in [1.807, 2.05) is 12.1 Å². The third kappa shape index (κ3) is 5.25. The van der Waals surface area contributed by atoms with Crippen LogP contribution in [-0.2, 0) is 6.54 Å². The van der Waals surface area contributed by atoms with Crippen molar-refractivity contribution in [3.8, 4) is 0 Å². The van der Waals surface area contributed by atoms with Crippen LogP contribution >= 0.6 is 24.0 Å². The minimum atomic E-state index is -0.588. The summed E-state index contributed by atoms with van der Waals surface area (Å²) in [5, 5.41) is 2.58. The number of hydrogen-bond acceptors (Lipinski definition) is 3. The Labute approximate surface area is 162 Å². The summed E-state index contributed by atoms with van der Waals surface area (Å²) in [4.78, 5) is 10.8. The van der Waals surface area contributed by atoms with Crippen molar-refractivity contribution in [3.63, 3.8) is 0 Å². The maximum atomic E-state index is 13.6. The average Bonchev–Trinajstić information content (AvgIpc) is 3.11. The summed E-state index contributed by atoms with van der Waals surface area (Å²) in [5.74, 6) is -0.173. The molecule has 1 fully saturated rings. The first-order valence-electron chi connectivity index (χ1n) is 7.84. The Balaban J connectivity index is 0.00000225. The Morgan fingerprint density at radius 2 is 1.96 bits per heavy atom. The molecule has 1 aromatic carbocycles. The second-order valence-electron chi connectivity index (χ2n) is 5.67. The van der Waals surface area contributed by atoms with Gasteiger partial charge in [0.2, 0.25) is 0 Å². The summed E-state index contributed by atoms with van der Waals surface area (Å²) in [5.41, 5.74) is 6.67. The lowest BCUT2D eigenvalue weighted by Gasteiger charge is -2.16. The van der Waals surface area contributed by atoms with Crippen molar-refractivity contribution in [2.24, 2.45) is 10.7 Å². The molecule has 1 aromatic heterocycles. The van der Waals surface area contributed by atoms with Crippen LogP contribution in [0.2, 0.25) is 0 Å². The second-order valence-corrected chi connectivity index (χ2v) is 5.67. The van der Waals surface area contributed by atoms with Gasteiger partial charge in [-0.25, -0.2) is 18.8 Å². The normalized spacial score (nSPS) is 14.3.